The Balaban J connectivity index is 3.51. The number of carbonyl (C=O) groups is 1. The fourth-order valence-electron chi connectivity index (χ4n) is 0.936. The summed E-state index contributed by atoms with van der Waals surface area (Å²) in [6.45, 7) is 1.54. The number of carbonyl (C=O) groups excluding carboxylic acids is 1. The van der Waals surface area contributed by atoms with E-state index in [1.165, 1.54) is 6.07 Å². The van der Waals surface area contributed by atoms with Gasteiger partial charge < -0.3 is 15.3 Å². The minimum absolute atomic E-state index is 0.00898. The molecule has 0 unspecified atom stereocenters. The predicted octanol–water partition coefficient (Wildman–Crippen LogP) is 0.924. The number of aryl methyl sites for hydroxylation is 1. The second kappa shape index (κ2) is 2.73. The van der Waals surface area contributed by atoms with E-state index in [9.17, 15) is 4.79 Å². The van der Waals surface area contributed by atoms with Crippen molar-refractivity contribution in [1.29, 1.82) is 0 Å². The second-order valence-electron chi connectivity index (χ2n) is 2.44. The lowest BCUT2D eigenvalue weighted by molar-refractivity contribution is 0.111. The lowest BCUT2D eigenvalue weighted by atomic mass is 10.1. The minimum atomic E-state index is -0.664. The van der Waals surface area contributed by atoms with Crippen LogP contribution in [-0.2, 0) is 0 Å². The monoisotopic (exact) mass is 168 g/mol. The highest BCUT2D eigenvalue weighted by atomic mass is 16.3. The largest absolute Gasteiger partial charge is 0.504 e. The Morgan fingerprint density at radius 2 is 1.83 bits per heavy atom. The minimum Gasteiger partial charge on any atom is -0.504 e. The lowest BCUT2D eigenvalue weighted by Crippen LogP contribution is -1.87. The van der Waals surface area contributed by atoms with E-state index in [0.717, 1.165) is 0 Å². The fourth-order valence-corrected chi connectivity index (χ4v) is 0.936. The van der Waals surface area contributed by atoms with Crippen LogP contribution in [0.25, 0.3) is 0 Å². The maximum atomic E-state index is 10.4. The van der Waals surface area contributed by atoms with Gasteiger partial charge in [-0.15, -0.1) is 0 Å². The average Bonchev–Trinajstić information content (AvgIpc) is 2.01. The van der Waals surface area contributed by atoms with Gasteiger partial charge in [0.1, 0.15) is 0 Å². The highest BCUT2D eigenvalue weighted by Crippen LogP contribution is 2.38. The standard InChI is InChI=1S/C8H8O4/c1-4-2-6(10)8(12)7(11)5(4)3-9/h2-3,10-12H,1H3. The fraction of sp³-hybridized carbons (Fsp3) is 0.125. The van der Waals surface area contributed by atoms with Crippen molar-refractivity contribution in [2.45, 2.75) is 6.92 Å². The molecular formula is C8H8O4. The van der Waals surface area contributed by atoms with Crippen molar-refractivity contribution in [2.24, 2.45) is 0 Å². The Morgan fingerprint density at radius 1 is 1.25 bits per heavy atom. The molecule has 0 atom stereocenters. The highest BCUT2D eigenvalue weighted by molar-refractivity contribution is 5.84. The van der Waals surface area contributed by atoms with Crippen LogP contribution in [0.2, 0.25) is 0 Å². The van der Waals surface area contributed by atoms with Gasteiger partial charge in [-0.2, -0.15) is 0 Å². The number of benzene rings is 1. The van der Waals surface area contributed by atoms with Crippen LogP contribution in [-0.4, -0.2) is 21.6 Å². The third-order valence-electron chi connectivity index (χ3n) is 1.62. The van der Waals surface area contributed by atoms with Gasteiger partial charge >= 0.3 is 0 Å². The molecule has 0 saturated heterocycles. The first-order valence-electron chi connectivity index (χ1n) is 3.27. The summed E-state index contributed by atoms with van der Waals surface area (Å²) in [7, 11) is 0. The van der Waals surface area contributed by atoms with Gasteiger partial charge in [-0.05, 0) is 18.6 Å². The molecule has 3 N–H and O–H groups in total. The molecule has 1 aromatic carbocycles. The Bertz CT molecular complexity index is 330. The van der Waals surface area contributed by atoms with Crippen LogP contribution in [0.3, 0.4) is 0 Å². The molecule has 0 aliphatic carbocycles. The molecule has 0 radical (unpaired) electrons. The number of phenols is 3. The van der Waals surface area contributed by atoms with E-state index in [4.69, 9.17) is 15.3 Å². The van der Waals surface area contributed by atoms with Crippen molar-refractivity contribution in [3.05, 3.63) is 17.2 Å². The van der Waals surface area contributed by atoms with Crippen LogP contribution in [0.4, 0.5) is 0 Å². The van der Waals surface area contributed by atoms with Crippen LogP contribution < -0.4 is 0 Å². The molecule has 4 heteroatoms. The smallest absolute Gasteiger partial charge is 0.201 e. The number of hydrogen-bond donors (Lipinski definition) is 3. The second-order valence-corrected chi connectivity index (χ2v) is 2.44. The normalized spacial score (nSPS) is 9.75. The molecule has 0 aliphatic heterocycles. The third-order valence-corrected chi connectivity index (χ3v) is 1.62. The van der Waals surface area contributed by atoms with E-state index < -0.39 is 17.2 Å². The zero-order valence-electron chi connectivity index (χ0n) is 6.40. The van der Waals surface area contributed by atoms with Gasteiger partial charge in [-0.1, -0.05) is 0 Å². The maximum absolute atomic E-state index is 10.4. The third kappa shape index (κ3) is 1.07. The van der Waals surface area contributed by atoms with Gasteiger partial charge in [-0.25, -0.2) is 0 Å². The topological polar surface area (TPSA) is 77.8 Å². The summed E-state index contributed by atoms with van der Waals surface area (Å²) < 4.78 is 0. The molecular weight excluding hydrogens is 160 g/mol. The zero-order chi connectivity index (χ0) is 9.30. The molecule has 0 fully saturated rings. The summed E-state index contributed by atoms with van der Waals surface area (Å²) in [5.74, 6) is -1.68. The Hall–Kier alpha value is -1.71. The Kier molecular flexibility index (Phi) is 1.91. The van der Waals surface area contributed by atoms with Gasteiger partial charge in [0.15, 0.2) is 17.8 Å². The molecule has 1 rings (SSSR count). The van der Waals surface area contributed by atoms with Crippen LogP contribution in [0.15, 0.2) is 6.07 Å². The Morgan fingerprint density at radius 3 is 2.33 bits per heavy atom. The van der Waals surface area contributed by atoms with Crippen molar-refractivity contribution in [1.82, 2.24) is 0 Å². The van der Waals surface area contributed by atoms with Crippen LogP contribution in [0, 0.1) is 6.92 Å². The summed E-state index contributed by atoms with van der Waals surface area (Å²) in [4.78, 5) is 10.4. The summed E-state index contributed by atoms with van der Waals surface area (Å²) in [5, 5.41) is 27.1. The predicted molar refractivity (Wildman–Crippen MR) is 41.6 cm³/mol. The number of rotatable bonds is 1. The first kappa shape index (κ1) is 8.39. The quantitative estimate of drug-likeness (QED) is 0.430. The number of aldehydes is 1. The van der Waals surface area contributed by atoms with Crippen LogP contribution in [0.1, 0.15) is 15.9 Å². The van der Waals surface area contributed by atoms with Crippen LogP contribution >= 0.6 is 0 Å². The van der Waals surface area contributed by atoms with E-state index in [0.29, 0.717) is 11.8 Å². The first-order chi connectivity index (χ1) is 5.57. The SMILES string of the molecule is Cc1cc(O)c(O)c(O)c1C=O. The lowest BCUT2D eigenvalue weighted by Gasteiger charge is -2.05. The van der Waals surface area contributed by atoms with Gasteiger partial charge in [0.25, 0.3) is 0 Å². The van der Waals surface area contributed by atoms with Gasteiger partial charge in [0.2, 0.25) is 5.75 Å². The number of hydrogen-bond acceptors (Lipinski definition) is 4. The van der Waals surface area contributed by atoms with E-state index >= 15 is 0 Å². The van der Waals surface area contributed by atoms with Crippen molar-refractivity contribution < 1.29 is 20.1 Å². The molecule has 0 spiro atoms. The molecule has 0 saturated carbocycles. The van der Waals surface area contributed by atoms with Crippen molar-refractivity contribution in [2.75, 3.05) is 0 Å². The summed E-state index contributed by atoms with van der Waals surface area (Å²) >= 11 is 0. The number of phenolic OH excluding ortho intramolecular Hbond substituents is 3. The van der Waals surface area contributed by atoms with Gasteiger partial charge in [0.05, 0.1) is 5.56 Å². The summed E-state index contributed by atoms with van der Waals surface area (Å²) in [6.07, 6.45) is 0.420. The molecule has 0 aliphatic rings. The maximum Gasteiger partial charge on any atom is 0.201 e. The van der Waals surface area contributed by atoms with E-state index in [-0.39, 0.29) is 5.56 Å². The molecule has 4 nitrogen and oxygen atoms in total. The van der Waals surface area contributed by atoms with Gasteiger partial charge in [-0.3, -0.25) is 4.79 Å². The molecule has 0 aromatic heterocycles. The molecule has 1 aromatic rings. The molecule has 0 bridgehead atoms. The zero-order valence-corrected chi connectivity index (χ0v) is 6.40. The van der Waals surface area contributed by atoms with Crippen molar-refractivity contribution >= 4 is 6.29 Å². The van der Waals surface area contributed by atoms with Gasteiger partial charge in [0, 0.05) is 0 Å². The molecule has 0 heterocycles. The van der Waals surface area contributed by atoms with Crippen molar-refractivity contribution in [3.63, 3.8) is 0 Å². The molecule has 12 heavy (non-hydrogen) atoms. The summed E-state index contributed by atoms with van der Waals surface area (Å²) in [6, 6.07) is 1.21. The Labute approximate surface area is 68.7 Å². The first-order valence-corrected chi connectivity index (χ1v) is 3.27. The summed E-state index contributed by atoms with van der Waals surface area (Å²) in [5.41, 5.74) is 0.406. The number of aromatic hydroxyl groups is 3. The average molecular weight is 168 g/mol. The van der Waals surface area contributed by atoms with Crippen molar-refractivity contribution in [3.8, 4) is 17.2 Å². The van der Waals surface area contributed by atoms with E-state index in [2.05, 4.69) is 0 Å². The van der Waals surface area contributed by atoms with E-state index in [1.54, 1.807) is 6.92 Å². The molecule has 64 valence electrons. The molecule has 0 amide bonds. The highest BCUT2D eigenvalue weighted by Gasteiger charge is 2.13. The van der Waals surface area contributed by atoms with E-state index in [1.807, 2.05) is 0 Å². The van der Waals surface area contributed by atoms with Crippen LogP contribution in [0.5, 0.6) is 17.2 Å².